The van der Waals surface area contributed by atoms with Gasteiger partial charge in [0.15, 0.2) is 0 Å². The largest absolute Gasteiger partial charge is 0.384 e. The van der Waals surface area contributed by atoms with Crippen molar-refractivity contribution in [3.8, 4) is 0 Å². The highest BCUT2D eigenvalue weighted by atomic mass is 16.6. The first-order valence-electron chi connectivity index (χ1n) is 13.2. The van der Waals surface area contributed by atoms with Gasteiger partial charge < -0.3 is 21.6 Å². The molecule has 9 heteroatoms. The molecule has 2 aromatic heterocycles. The first kappa shape index (κ1) is 26.3. The summed E-state index contributed by atoms with van der Waals surface area (Å²) < 4.78 is 0. The van der Waals surface area contributed by atoms with Gasteiger partial charge in [0.2, 0.25) is 5.91 Å². The molecule has 3 heterocycles. The Labute approximate surface area is 214 Å². The summed E-state index contributed by atoms with van der Waals surface area (Å²) in [6.45, 7) is 3.51. The van der Waals surface area contributed by atoms with Crippen LogP contribution in [-0.2, 0) is 22.6 Å². The molecule has 1 amide bonds. The lowest BCUT2D eigenvalue weighted by atomic mass is 9.77. The van der Waals surface area contributed by atoms with Gasteiger partial charge in [-0.2, -0.15) is 5.48 Å². The number of carbonyl (C=O) groups excluding carboxylic acids is 1. The van der Waals surface area contributed by atoms with E-state index < -0.39 is 0 Å². The van der Waals surface area contributed by atoms with Crippen molar-refractivity contribution in [1.29, 1.82) is 0 Å². The number of piperidine rings is 1. The Bertz CT molecular complexity index is 972. The summed E-state index contributed by atoms with van der Waals surface area (Å²) in [4.78, 5) is 28.7. The molecule has 1 saturated heterocycles. The number of hydrogen-bond acceptors (Lipinski definition) is 8. The summed E-state index contributed by atoms with van der Waals surface area (Å²) in [5.74, 6) is 2.52. The van der Waals surface area contributed by atoms with Crippen molar-refractivity contribution in [2.24, 2.45) is 17.8 Å². The monoisotopic (exact) mass is 495 g/mol. The molecule has 0 spiro atoms. The molecule has 2 fully saturated rings. The number of nitrogens with one attached hydrogen (secondary N) is 2. The van der Waals surface area contributed by atoms with Crippen molar-refractivity contribution in [3.63, 3.8) is 0 Å². The van der Waals surface area contributed by atoms with Crippen molar-refractivity contribution in [2.45, 2.75) is 57.5 Å². The van der Waals surface area contributed by atoms with Gasteiger partial charge in [-0.05, 0) is 105 Å². The van der Waals surface area contributed by atoms with Crippen LogP contribution in [0.1, 0.15) is 49.7 Å². The fraction of sp³-hybridized carbons (Fsp3) is 0.593. The number of amides is 1. The minimum Gasteiger partial charge on any atom is -0.384 e. The number of rotatable bonds is 10. The van der Waals surface area contributed by atoms with E-state index in [0.29, 0.717) is 23.5 Å². The molecule has 4 rings (SSSR count). The predicted octanol–water partition coefficient (Wildman–Crippen LogP) is 2.54. The summed E-state index contributed by atoms with van der Waals surface area (Å²) >= 11 is 0. The van der Waals surface area contributed by atoms with E-state index in [4.69, 9.17) is 16.3 Å². The first-order valence-corrected chi connectivity index (χ1v) is 13.2. The molecule has 1 saturated carbocycles. The SMILES string of the molecule is CONC(Cc1ccnc(N)c1)C1CCC(CNC(=O)C2CCN(Cc3ccnc(N)c3)CC2)CC1. The maximum absolute atomic E-state index is 12.8. The van der Waals surface area contributed by atoms with Gasteiger partial charge in [-0.25, -0.2) is 9.97 Å². The van der Waals surface area contributed by atoms with Crippen LogP contribution in [0.5, 0.6) is 0 Å². The van der Waals surface area contributed by atoms with E-state index in [-0.39, 0.29) is 17.9 Å². The molecule has 0 radical (unpaired) electrons. The molecular formula is C27H41N7O2. The van der Waals surface area contributed by atoms with Gasteiger partial charge in [-0.1, -0.05) is 0 Å². The average molecular weight is 496 g/mol. The molecule has 36 heavy (non-hydrogen) atoms. The fourth-order valence-corrected chi connectivity index (χ4v) is 5.72. The summed E-state index contributed by atoms with van der Waals surface area (Å²) in [6.07, 6.45) is 10.7. The van der Waals surface area contributed by atoms with Gasteiger partial charge >= 0.3 is 0 Å². The number of nitrogen functional groups attached to an aromatic ring is 2. The van der Waals surface area contributed by atoms with Crippen LogP contribution < -0.4 is 22.3 Å². The van der Waals surface area contributed by atoms with Crippen LogP contribution in [0.4, 0.5) is 11.6 Å². The summed E-state index contributed by atoms with van der Waals surface area (Å²) in [5.41, 5.74) is 17.2. The second-order valence-corrected chi connectivity index (χ2v) is 10.4. The van der Waals surface area contributed by atoms with E-state index in [0.717, 1.165) is 71.1 Å². The lowest BCUT2D eigenvalue weighted by Gasteiger charge is -2.35. The molecule has 2 aliphatic rings. The summed E-state index contributed by atoms with van der Waals surface area (Å²) in [6, 6.07) is 8.12. The van der Waals surface area contributed by atoms with Crippen LogP contribution in [0.2, 0.25) is 0 Å². The number of hydroxylamine groups is 1. The van der Waals surface area contributed by atoms with Crippen molar-refractivity contribution < 1.29 is 9.63 Å². The molecule has 6 N–H and O–H groups in total. The Hall–Kier alpha value is -2.75. The Morgan fingerprint density at radius 3 is 2.31 bits per heavy atom. The number of likely N-dealkylation sites (tertiary alicyclic amines) is 1. The first-order chi connectivity index (χ1) is 17.5. The smallest absolute Gasteiger partial charge is 0.223 e. The maximum Gasteiger partial charge on any atom is 0.223 e. The third kappa shape index (κ3) is 7.62. The maximum atomic E-state index is 12.8. The zero-order chi connectivity index (χ0) is 25.3. The topological polar surface area (TPSA) is 131 Å². The van der Waals surface area contributed by atoms with Crippen LogP contribution in [0, 0.1) is 17.8 Å². The van der Waals surface area contributed by atoms with Crippen molar-refractivity contribution in [2.75, 3.05) is 38.2 Å². The van der Waals surface area contributed by atoms with E-state index in [1.165, 1.54) is 11.1 Å². The van der Waals surface area contributed by atoms with Crippen molar-refractivity contribution >= 4 is 17.5 Å². The summed E-state index contributed by atoms with van der Waals surface area (Å²) in [5, 5.41) is 3.27. The molecule has 196 valence electrons. The quantitative estimate of drug-likeness (QED) is 0.370. The van der Waals surface area contributed by atoms with Gasteiger partial charge in [0, 0.05) is 37.4 Å². The van der Waals surface area contributed by atoms with E-state index >= 15 is 0 Å². The second-order valence-electron chi connectivity index (χ2n) is 10.4. The molecule has 1 atom stereocenters. The Kier molecular flexibility index (Phi) is 9.49. The number of nitrogens with two attached hydrogens (primary N) is 2. The second kappa shape index (κ2) is 13.0. The lowest BCUT2D eigenvalue weighted by Crippen LogP contribution is -2.43. The van der Waals surface area contributed by atoms with Gasteiger partial charge in [0.05, 0.1) is 7.11 Å². The number of nitrogens with zero attached hydrogens (tertiary/aromatic N) is 3. The fourth-order valence-electron chi connectivity index (χ4n) is 5.72. The number of pyridine rings is 2. The third-order valence-corrected chi connectivity index (χ3v) is 7.81. The average Bonchev–Trinajstić information content (AvgIpc) is 2.88. The van der Waals surface area contributed by atoms with Crippen LogP contribution >= 0.6 is 0 Å². The lowest BCUT2D eigenvalue weighted by molar-refractivity contribution is -0.126. The number of aromatic nitrogens is 2. The van der Waals surface area contributed by atoms with Gasteiger partial charge in [-0.15, -0.1) is 0 Å². The molecule has 1 aliphatic carbocycles. The zero-order valence-corrected chi connectivity index (χ0v) is 21.4. The number of hydrogen-bond donors (Lipinski definition) is 4. The number of anilines is 2. The standard InChI is InChI=1S/C27H41N7O2/c1-36-33-24(14-20-6-10-30-25(28)15-20)22-4-2-19(3-5-22)17-32-27(35)23-8-12-34(13-9-23)18-21-7-11-31-26(29)16-21/h6-7,10-11,15-16,19,22-24,33H,2-5,8-9,12-14,17-18H2,1H3,(H2,28,30)(H2,29,31)(H,32,35). The molecular weight excluding hydrogens is 454 g/mol. The highest BCUT2D eigenvalue weighted by molar-refractivity contribution is 5.78. The Morgan fingerprint density at radius 2 is 1.67 bits per heavy atom. The van der Waals surface area contributed by atoms with Crippen LogP contribution in [0.15, 0.2) is 36.7 Å². The highest BCUT2D eigenvalue weighted by Crippen LogP contribution is 2.32. The minimum atomic E-state index is 0.114. The van der Waals surface area contributed by atoms with Gasteiger partial charge in [0.25, 0.3) is 0 Å². The van der Waals surface area contributed by atoms with Crippen LogP contribution in [0.25, 0.3) is 0 Å². The van der Waals surface area contributed by atoms with Gasteiger partial charge in [0.1, 0.15) is 11.6 Å². The van der Waals surface area contributed by atoms with E-state index in [1.807, 2.05) is 24.3 Å². The Morgan fingerprint density at radius 1 is 1.03 bits per heavy atom. The molecule has 1 unspecified atom stereocenters. The van der Waals surface area contributed by atoms with Crippen LogP contribution in [-0.4, -0.2) is 53.6 Å². The molecule has 1 aliphatic heterocycles. The normalized spacial score (nSPS) is 22.2. The van der Waals surface area contributed by atoms with Crippen molar-refractivity contribution in [3.05, 3.63) is 47.8 Å². The molecule has 0 bridgehead atoms. The highest BCUT2D eigenvalue weighted by Gasteiger charge is 2.29. The molecule has 2 aromatic rings. The van der Waals surface area contributed by atoms with E-state index in [9.17, 15) is 4.79 Å². The zero-order valence-electron chi connectivity index (χ0n) is 21.4. The van der Waals surface area contributed by atoms with E-state index in [1.54, 1.807) is 19.5 Å². The summed E-state index contributed by atoms with van der Waals surface area (Å²) in [7, 11) is 1.68. The molecule has 0 aromatic carbocycles. The van der Waals surface area contributed by atoms with Gasteiger partial charge in [-0.3, -0.25) is 9.69 Å². The molecule has 9 nitrogen and oxygen atoms in total. The minimum absolute atomic E-state index is 0.114. The number of carbonyl (C=O) groups is 1. The Balaban J connectivity index is 1.16. The van der Waals surface area contributed by atoms with E-state index in [2.05, 4.69) is 25.7 Å². The predicted molar refractivity (Wildman–Crippen MR) is 141 cm³/mol. The van der Waals surface area contributed by atoms with Crippen molar-refractivity contribution in [1.82, 2.24) is 25.7 Å². The van der Waals surface area contributed by atoms with Crippen LogP contribution in [0.3, 0.4) is 0 Å². The third-order valence-electron chi connectivity index (χ3n) is 7.81.